The van der Waals surface area contributed by atoms with Crippen LogP contribution in [0.4, 0.5) is 0 Å². The standard InChI is InChI=1S/C20H21Cl2N3O2/c21-15-8-14(9-16(22)10-15)12-25-20(27)18-3-1-2-17(18)19(26)24-11-13-4-6-23-7-5-13/h4-10,17-18H,1-3,11-12H2,(H,24,26)(H,25,27)/t17?,18-/m1/s1. The van der Waals surface area contributed by atoms with E-state index in [1.165, 1.54) is 0 Å². The molecule has 1 aliphatic rings. The monoisotopic (exact) mass is 405 g/mol. The maximum Gasteiger partial charge on any atom is 0.224 e. The molecule has 0 bridgehead atoms. The fraction of sp³-hybridized carbons (Fsp3) is 0.350. The maximum absolute atomic E-state index is 12.6. The Balaban J connectivity index is 1.54. The van der Waals surface area contributed by atoms with Crippen LogP contribution in [0, 0.1) is 11.8 Å². The van der Waals surface area contributed by atoms with Crippen LogP contribution in [0.25, 0.3) is 0 Å². The summed E-state index contributed by atoms with van der Waals surface area (Å²) >= 11 is 12.0. The molecule has 1 saturated carbocycles. The molecule has 142 valence electrons. The molecule has 0 spiro atoms. The Morgan fingerprint density at radius 2 is 1.41 bits per heavy atom. The number of nitrogens with zero attached hydrogens (tertiary/aromatic N) is 1. The third-order valence-electron chi connectivity index (χ3n) is 4.79. The van der Waals surface area contributed by atoms with Gasteiger partial charge in [0.1, 0.15) is 0 Å². The number of hydrogen-bond donors (Lipinski definition) is 2. The molecule has 1 unspecified atom stereocenters. The first kappa shape index (κ1) is 19.6. The molecule has 1 fully saturated rings. The van der Waals surface area contributed by atoms with E-state index in [0.717, 1.165) is 30.4 Å². The van der Waals surface area contributed by atoms with Crippen molar-refractivity contribution >= 4 is 35.0 Å². The van der Waals surface area contributed by atoms with E-state index in [2.05, 4.69) is 15.6 Å². The van der Waals surface area contributed by atoms with Crippen LogP contribution in [0.15, 0.2) is 42.7 Å². The molecular weight excluding hydrogens is 385 g/mol. The van der Waals surface area contributed by atoms with Gasteiger partial charge in [-0.25, -0.2) is 0 Å². The minimum atomic E-state index is -0.308. The lowest BCUT2D eigenvalue weighted by atomic mass is 9.94. The van der Waals surface area contributed by atoms with E-state index in [0.29, 0.717) is 23.1 Å². The van der Waals surface area contributed by atoms with Crippen LogP contribution in [0.5, 0.6) is 0 Å². The van der Waals surface area contributed by atoms with Crippen LogP contribution in [0.2, 0.25) is 10.0 Å². The fourth-order valence-corrected chi connectivity index (χ4v) is 4.01. The highest BCUT2D eigenvalue weighted by Gasteiger charge is 2.37. The van der Waals surface area contributed by atoms with Gasteiger partial charge in [-0.05, 0) is 54.3 Å². The van der Waals surface area contributed by atoms with Crippen molar-refractivity contribution in [3.05, 3.63) is 63.9 Å². The highest BCUT2D eigenvalue weighted by molar-refractivity contribution is 6.34. The predicted molar refractivity (Wildman–Crippen MR) is 105 cm³/mol. The summed E-state index contributed by atoms with van der Waals surface area (Å²) in [5.74, 6) is -0.783. The number of benzene rings is 1. The molecule has 27 heavy (non-hydrogen) atoms. The normalized spacial score (nSPS) is 18.9. The number of amides is 2. The van der Waals surface area contributed by atoms with Gasteiger partial charge >= 0.3 is 0 Å². The largest absolute Gasteiger partial charge is 0.352 e. The first-order chi connectivity index (χ1) is 13.0. The van der Waals surface area contributed by atoms with Crippen LogP contribution < -0.4 is 10.6 Å². The van der Waals surface area contributed by atoms with Crippen molar-refractivity contribution in [2.45, 2.75) is 32.4 Å². The lowest BCUT2D eigenvalue weighted by Crippen LogP contribution is -2.39. The van der Waals surface area contributed by atoms with Crippen molar-refractivity contribution in [1.82, 2.24) is 15.6 Å². The molecule has 1 aliphatic carbocycles. The van der Waals surface area contributed by atoms with E-state index in [-0.39, 0.29) is 23.7 Å². The Bertz CT molecular complexity index is 794. The van der Waals surface area contributed by atoms with Crippen molar-refractivity contribution in [2.24, 2.45) is 11.8 Å². The smallest absolute Gasteiger partial charge is 0.224 e. The van der Waals surface area contributed by atoms with Gasteiger partial charge in [-0.1, -0.05) is 29.6 Å². The second-order valence-electron chi connectivity index (χ2n) is 6.71. The Kier molecular flexibility index (Phi) is 6.69. The van der Waals surface area contributed by atoms with Gasteiger partial charge in [-0.2, -0.15) is 0 Å². The first-order valence-electron chi connectivity index (χ1n) is 8.92. The molecule has 0 aliphatic heterocycles. The maximum atomic E-state index is 12.6. The summed E-state index contributed by atoms with van der Waals surface area (Å²) < 4.78 is 0. The van der Waals surface area contributed by atoms with E-state index in [9.17, 15) is 9.59 Å². The molecule has 1 heterocycles. The molecule has 2 N–H and O–H groups in total. The van der Waals surface area contributed by atoms with Gasteiger partial charge in [0.2, 0.25) is 11.8 Å². The second kappa shape index (κ2) is 9.20. The first-order valence-corrected chi connectivity index (χ1v) is 9.68. The summed E-state index contributed by atoms with van der Waals surface area (Å²) in [4.78, 5) is 29.1. The number of aromatic nitrogens is 1. The van der Waals surface area contributed by atoms with Crippen LogP contribution >= 0.6 is 23.2 Å². The van der Waals surface area contributed by atoms with Crippen molar-refractivity contribution < 1.29 is 9.59 Å². The Labute approximate surface area is 168 Å². The molecule has 2 amide bonds. The summed E-state index contributed by atoms with van der Waals surface area (Å²) in [7, 11) is 0. The third kappa shape index (κ3) is 5.44. The predicted octanol–water partition coefficient (Wildman–Crippen LogP) is 3.74. The van der Waals surface area contributed by atoms with Crippen LogP contribution in [0.1, 0.15) is 30.4 Å². The van der Waals surface area contributed by atoms with Crippen LogP contribution in [-0.2, 0) is 22.7 Å². The van der Waals surface area contributed by atoms with E-state index in [1.807, 2.05) is 12.1 Å². The summed E-state index contributed by atoms with van der Waals surface area (Å²) in [6, 6.07) is 8.89. The number of halogens is 2. The number of pyridine rings is 1. The second-order valence-corrected chi connectivity index (χ2v) is 7.59. The van der Waals surface area contributed by atoms with Crippen molar-refractivity contribution in [3.8, 4) is 0 Å². The van der Waals surface area contributed by atoms with Crippen molar-refractivity contribution in [3.63, 3.8) is 0 Å². The van der Waals surface area contributed by atoms with E-state index in [4.69, 9.17) is 23.2 Å². The van der Waals surface area contributed by atoms with E-state index < -0.39 is 0 Å². The molecule has 5 nitrogen and oxygen atoms in total. The zero-order chi connectivity index (χ0) is 19.2. The molecule has 0 radical (unpaired) electrons. The quantitative estimate of drug-likeness (QED) is 0.768. The molecule has 3 rings (SSSR count). The van der Waals surface area contributed by atoms with E-state index in [1.54, 1.807) is 30.6 Å². The van der Waals surface area contributed by atoms with Gasteiger partial charge in [0.15, 0.2) is 0 Å². The zero-order valence-corrected chi connectivity index (χ0v) is 16.3. The zero-order valence-electron chi connectivity index (χ0n) is 14.8. The molecular formula is C20H21Cl2N3O2. The van der Waals surface area contributed by atoms with Gasteiger partial charge in [0, 0.05) is 47.4 Å². The number of rotatable bonds is 6. The van der Waals surface area contributed by atoms with Crippen molar-refractivity contribution in [1.29, 1.82) is 0 Å². The Hall–Kier alpha value is -2.11. The SMILES string of the molecule is O=C(NCc1ccncc1)C1CCC[C@H]1C(=O)NCc1cc(Cl)cc(Cl)c1. The van der Waals surface area contributed by atoms with Crippen molar-refractivity contribution in [2.75, 3.05) is 0 Å². The van der Waals surface area contributed by atoms with Gasteiger partial charge in [0.25, 0.3) is 0 Å². The molecule has 0 saturated heterocycles. The topological polar surface area (TPSA) is 71.1 Å². The minimum absolute atomic E-state index is 0.0738. The number of hydrogen-bond acceptors (Lipinski definition) is 3. The third-order valence-corrected chi connectivity index (χ3v) is 5.23. The van der Waals surface area contributed by atoms with E-state index >= 15 is 0 Å². The number of carbonyl (C=O) groups is 2. The van der Waals surface area contributed by atoms with Gasteiger partial charge in [-0.15, -0.1) is 0 Å². The number of carbonyl (C=O) groups excluding carboxylic acids is 2. The average Bonchev–Trinajstić information content (AvgIpc) is 3.14. The van der Waals surface area contributed by atoms with Gasteiger partial charge < -0.3 is 10.6 Å². The van der Waals surface area contributed by atoms with Crippen LogP contribution in [-0.4, -0.2) is 16.8 Å². The molecule has 2 aromatic rings. The number of nitrogens with one attached hydrogen (secondary N) is 2. The summed E-state index contributed by atoms with van der Waals surface area (Å²) in [6.45, 7) is 0.772. The highest BCUT2D eigenvalue weighted by Crippen LogP contribution is 2.32. The lowest BCUT2D eigenvalue weighted by Gasteiger charge is -2.19. The van der Waals surface area contributed by atoms with Crippen LogP contribution in [0.3, 0.4) is 0 Å². The van der Waals surface area contributed by atoms with Gasteiger partial charge in [-0.3, -0.25) is 14.6 Å². The lowest BCUT2D eigenvalue weighted by molar-refractivity contribution is -0.133. The van der Waals surface area contributed by atoms with Gasteiger partial charge in [0.05, 0.1) is 0 Å². The summed E-state index contributed by atoms with van der Waals surface area (Å²) in [5, 5.41) is 6.90. The fourth-order valence-electron chi connectivity index (χ4n) is 3.44. The summed E-state index contributed by atoms with van der Waals surface area (Å²) in [5.41, 5.74) is 1.81. The highest BCUT2D eigenvalue weighted by atomic mass is 35.5. The molecule has 7 heteroatoms. The Morgan fingerprint density at radius 1 is 0.889 bits per heavy atom. The Morgan fingerprint density at radius 3 is 1.96 bits per heavy atom. The molecule has 1 aromatic heterocycles. The summed E-state index contributed by atoms with van der Waals surface area (Å²) in [6.07, 6.45) is 5.69. The minimum Gasteiger partial charge on any atom is -0.352 e. The average molecular weight is 406 g/mol. The molecule has 1 aromatic carbocycles. The molecule has 2 atom stereocenters.